The Kier molecular flexibility index (Phi) is 2.16. The van der Waals surface area contributed by atoms with Gasteiger partial charge in [-0.3, -0.25) is 4.79 Å². The van der Waals surface area contributed by atoms with E-state index in [1.54, 1.807) is 18.5 Å². The van der Waals surface area contributed by atoms with Gasteiger partial charge in [0.15, 0.2) is 0 Å². The maximum atomic E-state index is 13.9. The van der Waals surface area contributed by atoms with E-state index in [2.05, 4.69) is 15.0 Å². The molecule has 0 radical (unpaired) electrons. The second-order valence-electron chi connectivity index (χ2n) is 3.89. The molecule has 0 aliphatic rings. The number of nitrogens with two attached hydrogens (primary N) is 1. The smallest absolute Gasteiger partial charge is 0.265 e. The molecule has 0 aromatic carbocycles. The first-order valence-electron chi connectivity index (χ1n) is 5.27. The van der Waals surface area contributed by atoms with Crippen molar-refractivity contribution in [1.82, 2.24) is 15.0 Å². The summed E-state index contributed by atoms with van der Waals surface area (Å²) in [6, 6.07) is 3.25. The average Bonchev–Trinajstić information content (AvgIpc) is 2.95. The van der Waals surface area contributed by atoms with Crippen LogP contribution in [0.3, 0.4) is 0 Å². The zero-order chi connectivity index (χ0) is 12.7. The van der Waals surface area contributed by atoms with Crippen LogP contribution >= 0.6 is 0 Å². The molecular weight excluding hydrogens is 235 g/mol. The number of halogens is 1. The Morgan fingerprint density at radius 1 is 1.39 bits per heavy atom. The number of carbonyl (C=O) groups excluding carboxylic acids is 1. The van der Waals surface area contributed by atoms with E-state index < -0.39 is 11.7 Å². The molecule has 4 N–H and O–H groups in total. The zero-order valence-corrected chi connectivity index (χ0v) is 9.20. The number of amides is 1. The van der Waals surface area contributed by atoms with Crippen LogP contribution in [0, 0.1) is 5.82 Å². The highest BCUT2D eigenvalue weighted by Gasteiger charge is 2.14. The fraction of sp³-hybridized carbons (Fsp3) is 0. The van der Waals surface area contributed by atoms with Gasteiger partial charge in [-0.25, -0.2) is 9.37 Å². The number of aromatic nitrogens is 3. The van der Waals surface area contributed by atoms with E-state index in [-0.39, 0.29) is 5.69 Å². The fourth-order valence-electron chi connectivity index (χ4n) is 1.96. The molecule has 0 spiro atoms. The number of aromatic amines is 2. The van der Waals surface area contributed by atoms with Crippen molar-refractivity contribution in [1.29, 1.82) is 0 Å². The van der Waals surface area contributed by atoms with Gasteiger partial charge in [-0.2, -0.15) is 0 Å². The first-order valence-corrected chi connectivity index (χ1v) is 5.27. The summed E-state index contributed by atoms with van der Waals surface area (Å²) in [5, 5.41) is 0.657. The Hall–Kier alpha value is -2.63. The maximum absolute atomic E-state index is 13.9. The van der Waals surface area contributed by atoms with Gasteiger partial charge in [0.25, 0.3) is 5.91 Å². The number of H-pyrrole nitrogens is 2. The molecular formula is C12H9FN4O. The van der Waals surface area contributed by atoms with Crippen LogP contribution in [-0.2, 0) is 0 Å². The highest BCUT2D eigenvalue weighted by molar-refractivity contribution is 5.97. The largest absolute Gasteiger partial charge is 0.364 e. The lowest BCUT2D eigenvalue weighted by Crippen LogP contribution is -2.10. The summed E-state index contributed by atoms with van der Waals surface area (Å²) in [4.78, 5) is 20.6. The minimum atomic E-state index is -0.582. The van der Waals surface area contributed by atoms with E-state index in [1.807, 2.05) is 0 Å². The van der Waals surface area contributed by atoms with E-state index in [0.717, 1.165) is 6.20 Å². The van der Waals surface area contributed by atoms with Crippen molar-refractivity contribution < 1.29 is 9.18 Å². The summed E-state index contributed by atoms with van der Waals surface area (Å²) >= 11 is 0. The molecule has 6 heteroatoms. The molecule has 0 fully saturated rings. The third kappa shape index (κ3) is 1.46. The highest BCUT2D eigenvalue weighted by Crippen LogP contribution is 2.30. The number of nitrogens with one attached hydrogen (secondary N) is 2. The standard InChI is InChI=1S/C12H9FN4O/c13-8-5-17-12-7(1-2-15-12)10(8)6-3-9(11(14)18)16-4-6/h1-5,16H,(H2,14,18)(H,15,17). The summed E-state index contributed by atoms with van der Waals surface area (Å²) in [5.41, 5.74) is 6.94. The summed E-state index contributed by atoms with van der Waals surface area (Å²) < 4.78 is 13.9. The molecule has 0 atom stereocenters. The Morgan fingerprint density at radius 2 is 2.22 bits per heavy atom. The van der Waals surface area contributed by atoms with Gasteiger partial charge in [-0.15, -0.1) is 0 Å². The number of hydrogen-bond donors (Lipinski definition) is 3. The van der Waals surface area contributed by atoms with E-state index in [9.17, 15) is 9.18 Å². The van der Waals surface area contributed by atoms with Crippen molar-refractivity contribution in [3.8, 4) is 11.1 Å². The van der Waals surface area contributed by atoms with Crippen LogP contribution in [0.1, 0.15) is 10.5 Å². The number of fused-ring (bicyclic) bond motifs is 1. The molecule has 0 saturated heterocycles. The van der Waals surface area contributed by atoms with Crippen LogP contribution in [0.15, 0.2) is 30.7 Å². The monoisotopic (exact) mass is 244 g/mol. The van der Waals surface area contributed by atoms with Crippen LogP contribution in [0.2, 0.25) is 0 Å². The van der Waals surface area contributed by atoms with E-state index in [4.69, 9.17) is 5.73 Å². The maximum Gasteiger partial charge on any atom is 0.265 e. The molecule has 18 heavy (non-hydrogen) atoms. The van der Waals surface area contributed by atoms with Gasteiger partial charge < -0.3 is 15.7 Å². The minimum absolute atomic E-state index is 0.241. The van der Waals surface area contributed by atoms with Crippen molar-refractivity contribution in [2.24, 2.45) is 5.73 Å². The SMILES string of the molecule is NC(=O)c1cc(-c2c(F)cnc3[nH]ccc23)c[nH]1. The summed E-state index contributed by atoms with van der Waals surface area (Å²) in [5.74, 6) is -1.03. The van der Waals surface area contributed by atoms with Crippen LogP contribution in [-0.4, -0.2) is 20.9 Å². The predicted molar refractivity (Wildman–Crippen MR) is 64.4 cm³/mol. The molecule has 0 unspecified atom stereocenters. The number of carbonyl (C=O) groups is 1. The number of rotatable bonds is 2. The molecule has 0 saturated carbocycles. The van der Waals surface area contributed by atoms with E-state index >= 15 is 0 Å². The Bertz CT molecular complexity index is 743. The molecule has 0 aliphatic heterocycles. The lowest BCUT2D eigenvalue weighted by Gasteiger charge is -2.01. The van der Waals surface area contributed by atoms with Gasteiger partial charge in [0.05, 0.1) is 6.20 Å². The van der Waals surface area contributed by atoms with Gasteiger partial charge in [0, 0.05) is 28.9 Å². The molecule has 3 rings (SSSR count). The van der Waals surface area contributed by atoms with Gasteiger partial charge in [0.1, 0.15) is 17.2 Å². The lowest BCUT2D eigenvalue weighted by atomic mass is 10.1. The Balaban J connectivity index is 2.26. The van der Waals surface area contributed by atoms with Crippen molar-refractivity contribution in [3.05, 3.63) is 42.2 Å². The average molecular weight is 244 g/mol. The second-order valence-corrected chi connectivity index (χ2v) is 3.89. The summed E-state index contributed by atoms with van der Waals surface area (Å²) in [6.45, 7) is 0. The summed E-state index contributed by atoms with van der Waals surface area (Å²) in [7, 11) is 0. The molecule has 3 aromatic rings. The molecule has 1 amide bonds. The normalized spacial score (nSPS) is 10.9. The van der Waals surface area contributed by atoms with Crippen molar-refractivity contribution in [2.75, 3.05) is 0 Å². The third-order valence-corrected chi connectivity index (χ3v) is 2.78. The van der Waals surface area contributed by atoms with Gasteiger partial charge in [-0.1, -0.05) is 0 Å². The summed E-state index contributed by atoms with van der Waals surface area (Å²) in [6.07, 6.45) is 4.37. The number of primary amides is 1. The van der Waals surface area contributed by atoms with Gasteiger partial charge in [-0.05, 0) is 12.1 Å². The van der Waals surface area contributed by atoms with Gasteiger partial charge in [0.2, 0.25) is 0 Å². The van der Waals surface area contributed by atoms with E-state index in [0.29, 0.717) is 22.2 Å². The molecule has 5 nitrogen and oxygen atoms in total. The van der Waals surface area contributed by atoms with Crippen molar-refractivity contribution in [2.45, 2.75) is 0 Å². The first kappa shape index (κ1) is 10.5. The van der Waals surface area contributed by atoms with Crippen LogP contribution < -0.4 is 5.73 Å². The first-order chi connectivity index (χ1) is 8.66. The van der Waals surface area contributed by atoms with Crippen LogP contribution in [0.25, 0.3) is 22.2 Å². The molecule has 3 heterocycles. The van der Waals surface area contributed by atoms with Gasteiger partial charge >= 0.3 is 0 Å². The number of hydrogen-bond acceptors (Lipinski definition) is 2. The van der Waals surface area contributed by atoms with Crippen molar-refractivity contribution >= 4 is 16.9 Å². The molecule has 0 bridgehead atoms. The zero-order valence-electron chi connectivity index (χ0n) is 9.20. The molecule has 0 aliphatic carbocycles. The topological polar surface area (TPSA) is 87.6 Å². The third-order valence-electron chi connectivity index (χ3n) is 2.78. The highest BCUT2D eigenvalue weighted by atomic mass is 19.1. The predicted octanol–water partition coefficient (Wildman–Crippen LogP) is 1.80. The molecule has 3 aromatic heterocycles. The Labute approximate surface area is 101 Å². The lowest BCUT2D eigenvalue weighted by molar-refractivity contribution is 0.0996. The molecule has 90 valence electrons. The number of pyridine rings is 1. The number of nitrogens with zero attached hydrogens (tertiary/aromatic N) is 1. The van der Waals surface area contributed by atoms with Crippen LogP contribution in [0.5, 0.6) is 0 Å². The van der Waals surface area contributed by atoms with Crippen molar-refractivity contribution in [3.63, 3.8) is 0 Å². The fourth-order valence-corrected chi connectivity index (χ4v) is 1.96. The quantitative estimate of drug-likeness (QED) is 0.641. The Morgan fingerprint density at radius 3 is 2.94 bits per heavy atom. The minimum Gasteiger partial charge on any atom is -0.364 e. The van der Waals surface area contributed by atoms with E-state index in [1.165, 1.54) is 6.07 Å². The van der Waals surface area contributed by atoms with Crippen LogP contribution in [0.4, 0.5) is 4.39 Å². The second kappa shape index (κ2) is 3.69.